The summed E-state index contributed by atoms with van der Waals surface area (Å²) in [6.07, 6.45) is 4.76. The van der Waals surface area contributed by atoms with Crippen molar-refractivity contribution in [1.29, 1.82) is 0 Å². The number of hydrogen-bond acceptors (Lipinski definition) is 2. The maximum Gasteiger partial charge on any atom is 0.244 e. The van der Waals surface area contributed by atoms with Crippen molar-refractivity contribution in [3.8, 4) is 0 Å². The Labute approximate surface area is 117 Å². The molecule has 0 atom stereocenters. The molecule has 0 saturated carbocycles. The zero-order valence-corrected chi connectivity index (χ0v) is 11.1. The van der Waals surface area contributed by atoms with Gasteiger partial charge in [0, 0.05) is 12.3 Å². The monoisotopic (exact) mass is 270 g/mol. The van der Waals surface area contributed by atoms with Crippen molar-refractivity contribution >= 4 is 12.0 Å². The Morgan fingerprint density at radius 2 is 2.05 bits per heavy atom. The van der Waals surface area contributed by atoms with Crippen molar-refractivity contribution in [3.05, 3.63) is 71.3 Å². The number of carbonyl (C=O) groups excluding carboxylic acids is 1. The fraction of sp³-hybridized carbons (Fsp3) is 0.125. The first kappa shape index (κ1) is 13.9. The molecule has 2 rings (SSSR count). The van der Waals surface area contributed by atoms with Crippen molar-refractivity contribution < 1.29 is 9.18 Å². The second kappa shape index (κ2) is 6.61. The smallest absolute Gasteiger partial charge is 0.244 e. The molecule has 1 aromatic carbocycles. The normalized spacial score (nSPS) is 10.7. The number of amides is 1. The van der Waals surface area contributed by atoms with Gasteiger partial charge in [0.05, 0.1) is 12.2 Å². The Morgan fingerprint density at radius 3 is 2.75 bits per heavy atom. The van der Waals surface area contributed by atoms with Gasteiger partial charge in [0.1, 0.15) is 5.82 Å². The molecule has 1 heterocycles. The SMILES string of the molecule is Cc1cccnc1CNC(=O)/C=C\c1ccc(F)cc1. The molecule has 2 aromatic rings. The lowest BCUT2D eigenvalue weighted by Crippen LogP contribution is -2.21. The first-order valence-electron chi connectivity index (χ1n) is 6.27. The van der Waals surface area contributed by atoms with Gasteiger partial charge < -0.3 is 5.32 Å². The average Bonchev–Trinajstić information content (AvgIpc) is 2.46. The van der Waals surface area contributed by atoms with Gasteiger partial charge in [0.25, 0.3) is 0 Å². The highest BCUT2D eigenvalue weighted by atomic mass is 19.1. The van der Waals surface area contributed by atoms with Crippen LogP contribution in [0.25, 0.3) is 6.08 Å². The number of nitrogens with zero attached hydrogens (tertiary/aromatic N) is 1. The summed E-state index contributed by atoms with van der Waals surface area (Å²) in [5, 5.41) is 2.76. The number of rotatable bonds is 4. The van der Waals surface area contributed by atoms with E-state index in [0.29, 0.717) is 6.54 Å². The Kier molecular flexibility index (Phi) is 4.60. The molecule has 0 radical (unpaired) electrons. The summed E-state index contributed by atoms with van der Waals surface area (Å²) in [5.74, 6) is -0.503. The zero-order chi connectivity index (χ0) is 14.4. The topological polar surface area (TPSA) is 42.0 Å². The van der Waals surface area contributed by atoms with Crippen molar-refractivity contribution in [3.63, 3.8) is 0 Å². The third-order valence-corrected chi connectivity index (χ3v) is 2.85. The molecule has 0 spiro atoms. The molecule has 3 nitrogen and oxygen atoms in total. The number of carbonyl (C=O) groups is 1. The molecule has 1 amide bonds. The Bertz CT molecular complexity index is 621. The summed E-state index contributed by atoms with van der Waals surface area (Å²) in [6, 6.07) is 9.74. The van der Waals surface area contributed by atoms with Crippen LogP contribution in [-0.4, -0.2) is 10.9 Å². The van der Waals surface area contributed by atoms with Crippen LogP contribution in [0.15, 0.2) is 48.7 Å². The molecule has 20 heavy (non-hydrogen) atoms. The molecule has 0 unspecified atom stereocenters. The van der Waals surface area contributed by atoms with Crippen LogP contribution in [0, 0.1) is 12.7 Å². The molecule has 4 heteroatoms. The lowest BCUT2D eigenvalue weighted by molar-refractivity contribution is -0.116. The van der Waals surface area contributed by atoms with Gasteiger partial charge in [-0.15, -0.1) is 0 Å². The number of aryl methyl sites for hydroxylation is 1. The summed E-state index contributed by atoms with van der Waals surface area (Å²) < 4.78 is 12.7. The number of aromatic nitrogens is 1. The lowest BCUT2D eigenvalue weighted by Gasteiger charge is -2.04. The zero-order valence-electron chi connectivity index (χ0n) is 11.1. The minimum Gasteiger partial charge on any atom is -0.347 e. The van der Waals surface area contributed by atoms with Crippen molar-refractivity contribution in [2.75, 3.05) is 0 Å². The Hall–Kier alpha value is -2.49. The Balaban J connectivity index is 1.90. The van der Waals surface area contributed by atoms with E-state index in [0.717, 1.165) is 16.8 Å². The van der Waals surface area contributed by atoms with Gasteiger partial charge in [0.15, 0.2) is 0 Å². The van der Waals surface area contributed by atoms with Gasteiger partial charge in [-0.25, -0.2) is 4.39 Å². The summed E-state index contributed by atoms with van der Waals surface area (Å²) in [5.41, 5.74) is 2.65. The van der Waals surface area contributed by atoms with E-state index in [9.17, 15) is 9.18 Å². The lowest BCUT2D eigenvalue weighted by atomic mass is 10.2. The van der Waals surface area contributed by atoms with E-state index in [4.69, 9.17) is 0 Å². The summed E-state index contributed by atoms with van der Waals surface area (Å²) in [6.45, 7) is 2.34. The van der Waals surface area contributed by atoms with Crippen LogP contribution in [-0.2, 0) is 11.3 Å². The molecule has 0 aliphatic carbocycles. The standard InChI is InChI=1S/C16H15FN2O/c1-12-3-2-10-18-15(12)11-19-16(20)9-6-13-4-7-14(17)8-5-13/h2-10H,11H2,1H3,(H,19,20)/b9-6-. The Morgan fingerprint density at radius 1 is 1.30 bits per heavy atom. The molecule has 0 bridgehead atoms. The fourth-order valence-electron chi connectivity index (χ4n) is 1.68. The number of halogens is 1. The first-order chi connectivity index (χ1) is 9.65. The van der Waals surface area contributed by atoms with Gasteiger partial charge in [-0.05, 0) is 42.3 Å². The number of pyridine rings is 1. The van der Waals surface area contributed by atoms with Crippen LogP contribution < -0.4 is 5.32 Å². The molecule has 0 aliphatic heterocycles. The summed E-state index contributed by atoms with van der Waals surface area (Å²) in [4.78, 5) is 15.9. The van der Waals surface area contributed by atoms with E-state index in [-0.39, 0.29) is 11.7 Å². The molecule has 0 fully saturated rings. The second-order valence-corrected chi connectivity index (χ2v) is 4.37. The predicted molar refractivity (Wildman–Crippen MR) is 76.3 cm³/mol. The predicted octanol–water partition coefficient (Wildman–Crippen LogP) is 2.86. The van der Waals surface area contributed by atoms with Crippen molar-refractivity contribution in [2.24, 2.45) is 0 Å². The minimum absolute atomic E-state index is 0.209. The van der Waals surface area contributed by atoms with E-state index in [1.165, 1.54) is 18.2 Å². The van der Waals surface area contributed by atoms with Crippen LogP contribution in [0.3, 0.4) is 0 Å². The van der Waals surface area contributed by atoms with E-state index in [1.807, 2.05) is 19.1 Å². The molecule has 0 aliphatic rings. The average molecular weight is 270 g/mol. The number of nitrogens with one attached hydrogen (secondary N) is 1. The van der Waals surface area contributed by atoms with Gasteiger partial charge in [0.2, 0.25) is 5.91 Å². The highest BCUT2D eigenvalue weighted by Crippen LogP contribution is 2.05. The number of benzene rings is 1. The van der Waals surface area contributed by atoms with Crippen LogP contribution in [0.5, 0.6) is 0 Å². The summed E-state index contributed by atoms with van der Waals surface area (Å²) in [7, 11) is 0. The largest absolute Gasteiger partial charge is 0.347 e. The van der Waals surface area contributed by atoms with Crippen LogP contribution in [0.2, 0.25) is 0 Å². The van der Waals surface area contributed by atoms with E-state index >= 15 is 0 Å². The number of hydrogen-bond donors (Lipinski definition) is 1. The molecule has 102 valence electrons. The molecule has 0 saturated heterocycles. The van der Waals surface area contributed by atoms with Gasteiger partial charge in [-0.3, -0.25) is 9.78 Å². The van der Waals surface area contributed by atoms with Crippen molar-refractivity contribution in [1.82, 2.24) is 10.3 Å². The molecule has 1 N–H and O–H groups in total. The summed E-state index contributed by atoms with van der Waals surface area (Å²) >= 11 is 0. The van der Waals surface area contributed by atoms with Gasteiger partial charge in [-0.1, -0.05) is 18.2 Å². The highest BCUT2D eigenvalue weighted by molar-refractivity contribution is 5.91. The van der Waals surface area contributed by atoms with Crippen LogP contribution in [0.1, 0.15) is 16.8 Å². The second-order valence-electron chi connectivity index (χ2n) is 4.37. The third kappa shape index (κ3) is 4.02. The highest BCUT2D eigenvalue weighted by Gasteiger charge is 2.00. The fourth-order valence-corrected chi connectivity index (χ4v) is 1.68. The van der Waals surface area contributed by atoms with Crippen LogP contribution in [0.4, 0.5) is 4.39 Å². The van der Waals surface area contributed by atoms with Crippen molar-refractivity contribution in [2.45, 2.75) is 13.5 Å². The third-order valence-electron chi connectivity index (χ3n) is 2.85. The van der Waals surface area contributed by atoms with Crippen LogP contribution >= 0.6 is 0 Å². The molecule has 1 aromatic heterocycles. The van der Waals surface area contributed by atoms with Gasteiger partial charge in [-0.2, -0.15) is 0 Å². The van der Waals surface area contributed by atoms with Gasteiger partial charge >= 0.3 is 0 Å². The minimum atomic E-state index is -0.294. The quantitative estimate of drug-likeness (QED) is 0.868. The van der Waals surface area contributed by atoms with E-state index < -0.39 is 0 Å². The van der Waals surface area contributed by atoms with E-state index in [1.54, 1.807) is 24.4 Å². The molecular formula is C16H15FN2O. The maximum atomic E-state index is 12.7. The first-order valence-corrected chi connectivity index (χ1v) is 6.27. The molecular weight excluding hydrogens is 255 g/mol. The maximum absolute atomic E-state index is 12.7. The van der Waals surface area contributed by atoms with E-state index in [2.05, 4.69) is 10.3 Å².